The molecule has 1 aromatic rings. The number of benzene rings is 1. The lowest BCUT2D eigenvalue weighted by Crippen LogP contribution is -2.41. The van der Waals surface area contributed by atoms with Crippen molar-refractivity contribution < 1.29 is 13.2 Å². The molecule has 0 bridgehead atoms. The highest BCUT2D eigenvalue weighted by Gasteiger charge is 2.31. The van der Waals surface area contributed by atoms with Crippen LogP contribution in [0.1, 0.15) is 19.4 Å². The van der Waals surface area contributed by atoms with Gasteiger partial charge in [0, 0.05) is 24.8 Å². The van der Waals surface area contributed by atoms with Gasteiger partial charge in [-0.05, 0) is 38.5 Å². The van der Waals surface area contributed by atoms with Gasteiger partial charge in [0.1, 0.15) is 0 Å². The van der Waals surface area contributed by atoms with Crippen LogP contribution in [0, 0.1) is 6.92 Å². The summed E-state index contributed by atoms with van der Waals surface area (Å²) in [6.45, 7) is 5.54. The van der Waals surface area contributed by atoms with E-state index in [2.05, 4.69) is 5.32 Å². The molecule has 0 aliphatic heterocycles. The molecule has 0 radical (unpaired) electrons. The number of hydrogen-bond donors (Lipinski definition) is 1. The average molecular weight is 274 g/mol. The zero-order valence-electron chi connectivity index (χ0n) is 11.6. The van der Waals surface area contributed by atoms with E-state index in [-0.39, 0.29) is 6.04 Å². The first kappa shape index (κ1) is 15.8. The standard InChI is InChI=1S/C14H21F3N2/c1-11(2)19(10-14(15,16)17)8-7-18-13-6-4-5-12(3)9-13/h4-6,9,11,18H,7-8,10H2,1-3H3. The second-order valence-electron chi connectivity index (χ2n) is 4.98. The van der Waals surface area contributed by atoms with Crippen molar-refractivity contribution in [1.82, 2.24) is 4.90 Å². The molecule has 0 spiro atoms. The Labute approximate surface area is 112 Å². The van der Waals surface area contributed by atoms with Crippen LogP contribution in [0.2, 0.25) is 0 Å². The van der Waals surface area contributed by atoms with Crippen molar-refractivity contribution >= 4 is 5.69 Å². The summed E-state index contributed by atoms with van der Waals surface area (Å²) in [4.78, 5) is 1.42. The summed E-state index contributed by atoms with van der Waals surface area (Å²) in [5, 5.41) is 3.15. The van der Waals surface area contributed by atoms with Gasteiger partial charge < -0.3 is 5.32 Å². The highest BCUT2D eigenvalue weighted by molar-refractivity contribution is 5.45. The van der Waals surface area contributed by atoms with E-state index in [1.165, 1.54) is 4.90 Å². The molecule has 0 amide bonds. The molecule has 0 heterocycles. The summed E-state index contributed by atoms with van der Waals surface area (Å²) >= 11 is 0. The fourth-order valence-corrected chi connectivity index (χ4v) is 1.85. The Hall–Kier alpha value is -1.23. The normalized spacial score (nSPS) is 12.2. The van der Waals surface area contributed by atoms with Crippen LogP contribution in [0.4, 0.5) is 18.9 Å². The molecule has 0 saturated heterocycles. The number of aryl methyl sites for hydroxylation is 1. The molecule has 0 aromatic heterocycles. The Balaban J connectivity index is 2.44. The molecule has 1 aromatic carbocycles. The van der Waals surface area contributed by atoms with Gasteiger partial charge in [-0.1, -0.05) is 12.1 Å². The summed E-state index contributed by atoms with van der Waals surface area (Å²) < 4.78 is 37.2. The van der Waals surface area contributed by atoms with Crippen molar-refractivity contribution in [1.29, 1.82) is 0 Å². The molecule has 108 valence electrons. The molecular formula is C14H21F3N2. The Bertz CT molecular complexity index is 389. The van der Waals surface area contributed by atoms with Crippen molar-refractivity contribution in [2.45, 2.75) is 33.0 Å². The summed E-state index contributed by atoms with van der Waals surface area (Å²) in [5.74, 6) is 0. The van der Waals surface area contributed by atoms with E-state index in [9.17, 15) is 13.2 Å². The van der Waals surface area contributed by atoms with E-state index >= 15 is 0 Å². The van der Waals surface area contributed by atoms with E-state index in [4.69, 9.17) is 0 Å². The maximum absolute atomic E-state index is 12.4. The number of anilines is 1. The SMILES string of the molecule is Cc1cccc(NCCN(CC(F)(F)F)C(C)C)c1. The minimum Gasteiger partial charge on any atom is -0.384 e. The predicted molar refractivity (Wildman–Crippen MR) is 72.4 cm³/mol. The van der Waals surface area contributed by atoms with E-state index in [0.717, 1.165) is 11.3 Å². The molecular weight excluding hydrogens is 253 g/mol. The van der Waals surface area contributed by atoms with Crippen LogP contribution in [0.25, 0.3) is 0 Å². The average Bonchev–Trinajstić information content (AvgIpc) is 2.26. The van der Waals surface area contributed by atoms with Crippen LogP contribution < -0.4 is 5.32 Å². The number of nitrogens with one attached hydrogen (secondary N) is 1. The minimum absolute atomic E-state index is 0.124. The van der Waals surface area contributed by atoms with Crippen LogP contribution in [-0.4, -0.2) is 36.8 Å². The highest BCUT2D eigenvalue weighted by atomic mass is 19.4. The van der Waals surface area contributed by atoms with Crippen molar-refractivity contribution in [3.63, 3.8) is 0 Å². The Morgan fingerprint density at radius 3 is 2.47 bits per heavy atom. The summed E-state index contributed by atoms with van der Waals surface area (Å²) in [5.41, 5.74) is 2.07. The quantitative estimate of drug-likeness (QED) is 0.851. The van der Waals surface area contributed by atoms with Crippen LogP contribution in [0.3, 0.4) is 0 Å². The Kier molecular flexibility index (Phi) is 5.66. The number of hydrogen-bond acceptors (Lipinski definition) is 2. The molecule has 1 rings (SSSR count). The largest absolute Gasteiger partial charge is 0.401 e. The van der Waals surface area contributed by atoms with Gasteiger partial charge in [-0.2, -0.15) is 13.2 Å². The molecule has 19 heavy (non-hydrogen) atoms. The van der Waals surface area contributed by atoms with E-state index < -0.39 is 12.7 Å². The van der Waals surface area contributed by atoms with E-state index in [0.29, 0.717) is 13.1 Å². The van der Waals surface area contributed by atoms with Crippen molar-refractivity contribution in [3.05, 3.63) is 29.8 Å². The number of rotatable bonds is 6. The van der Waals surface area contributed by atoms with Crippen LogP contribution in [-0.2, 0) is 0 Å². The van der Waals surface area contributed by atoms with Crippen LogP contribution >= 0.6 is 0 Å². The third kappa shape index (κ3) is 6.47. The maximum atomic E-state index is 12.4. The zero-order valence-corrected chi connectivity index (χ0v) is 11.6. The maximum Gasteiger partial charge on any atom is 0.401 e. The van der Waals surface area contributed by atoms with Gasteiger partial charge in [0.2, 0.25) is 0 Å². The third-order valence-electron chi connectivity index (χ3n) is 2.86. The smallest absolute Gasteiger partial charge is 0.384 e. The second kappa shape index (κ2) is 6.80. The Morgan fingerprint density at radius 1 is 1.26 bits per heavy atom. The molecule has 1 N–H and O–H groups in total. The van der Waals surface area contributed by atoms with Gasteiger partial charge in [0.25, 0.3) is 0 Å². The lowest BCUT2D eigenvalue weighted by molar-refractivity contribution is -0.149. The molecule has 5 heteroatoms. The number of nitrogens with zero attached hydrogens (tertiary/aromatic N) is 1. The highest BCUT2D eigenvalue weighted by Crippen LogP contribution is 2.18. The Morgan fingerprint density at radius 2 is 1.95 bits per heavy atom. The van der Waals surface area contributed by atoms with Gasteiger partial charge in [0.15, 0.2) is 0 Å². The van der Waals surface area contributed by atoms with E-state index in [1.807, 2.05) is 31.2 Å². The fraction of sp³-hybridized carbons (Fsp3) is 0.571. The first-order chi connectivity index (χ1) is 8.78. The topological polar surface area (TPSA) is 15.3 Å². The molecule has 0 fully saturated rings. The number of alkyl halides is 3. The second-order valence-corrected chi connectivity index (χ2v) is 4.98. The molecule has 0 saturated carbocycles. The van der Waals surface area contributed by atoms with Crippen LogP contribution in [0.5, 0.6) is 0 Å². The predicted octanol–water partition coefficient (Wildman–Crippen LogP) is 3.68. The first-order valence-electron chi connectivity index (χ1n) is 6.39. The molecule has 0 aliphatic rings. The van der Waals surface area contributed by atoms with E-state index in [1.54, 1.807) is 13.8 Å². The molecule has 0 aliphatic carbocycles. The van der Waals surface area contributed by atoms with Gasteiger partial charge in [-0.3, -0.25) is 4.90 Å². The fourth-order valence-electron chi connectivity index (χ4n) is 1.85. The molecule has 0 atom stereocenters. The molecule has 0 unspecified atom stereocenters. The lowest BCUT2D eigenvalue weighted by Gasteiger charge is -2.27. The van der Waals surface area contributed by atoms with Crippen LogP contribution in [0.15, 0.2) is 24.3 Å². The first-order valence-corrected chi connectivity index (χ1v) is 6.39. The summed E-state index contributed by atoms with van der Waals surface area (Å²) in [7, 11) is 0. The monoisotopic (exact) mass is 274 g/mol. The van der Waals surface area contributed by atoms with Gasteiger partial charge in [-0.25, -0.2) is 0 Å². The van der Waals surface area contributed by atoms with Crippen molar-refractivity contribution in [2.75, 3.05) is 25.0 Å². The third-order valence-corrected chi connectivity index (χ3v) is 2.86. The summed E-state index contributed by atoms with van der Waals surface area (Å²) in [6.07, 6.45) is -4.15. The zero-order chi connectivity index (χ0) is 14.5. The van der Waals surface area contributed by atoms with Gasteiger partial charge in [-0.15, -0.1) is 0 Å². The van der Waals surface area contributed by atoms with Gasteiger partial charge in [0.05, 0.1) is 6.54 Å². The number of halogens is 3. The minimum atomic E-state index is -4.15. The molecule has 2 nitrogen and oxygen atoms in total. The van der Waals surface area contributed by atoms with Crippen molar-refractivity contribution in [2.24, 2.45) is 0 Å². The van der Waals surface area contributed by atoms with Gasteiger partial charge >= 0.3 is 6.18 Å². The van der Waals surface area contributed by atoms with Crippen molar-refractivity contribution in [3.8, 4) is 0 Å². The lowest BCUT2D eigenvalue weighted by atomic mass is 10.2. The summed E-state index contributed by atoms with van der Waals surface area (Å²) in [6, 6.07) is 7.67.